The number of nitrogens with zero attached hydrogens (tertiary/aromatic N) is 2. The topological polar surface area (TPSA) is 55.1 Å². The van der Waals surface area contributed by atoms with E-state index in [-0.39, 0.29) is 5.56 Å². The molecule has 0 spiro atoms. The van der Waals surface area contributed by atoms with E-state index in [2.05, 4.69) is 36.8 Å². The second kappa shape index (κ2) is 5.03. The summed E-state index contributed by atoms with van der Waals surface area (Å²) in [5, 5.41) is 9.35. The first kappa shape index (κ1) is 13.3. The fourth-order valence-electron chi connectivity index (χ4n) is 2.13. The molecular formula is C14H8Br2N2O2. The quantitative estimate of drug-likeness (QED) is 0.705. The number of hydrogen-bond acceptors (Lipinski definition) is 2. The Kier molecular flexibility index (Phi) is 3.35. The third-order valence-corrected chi connectivity index (χ3v) is 4.26. The smallest absolute Gasteiger partial charge is 0.337 e. The fourth-order valence-corrected chi connectivity index (χ4v) is 3.51. The van der Waals surface area contributed by atoms with E-state index in [1.807, 2.05) is 18.2 Å². The number of carbonyl (C=O) groups is 1. The highest BCUT2D eigenvalue weighted by atomic mass is 79.9. The minimum atomic E-state index is -0.972. The molecule has 0 saturated carbocycles. The fraction of sp³-hybridized carbons (Fsp3) is 0. The summed E-state index contributed by atoms with van der Waals surface area (Å²) in [5.41, 5.74) is 2.27. The number of benzene rings is 2. The van der Waals surface area contributed by atoms with E-state index >= 15 is 0 Å². The van der Waals surface area contributed by atoms with Crippen LogP contribution in [0.5, 0.6) is 0 Å². The lowest BCUT2D eigenvalue weighted by Crippen LogP contribution is -2.02. The Balaban J connectivity index is 2.41. The van der Waals surface area contributed by atoms with Crippen LogP contribution in [0.15, 0.2) is 51.7 Å². The first-order chi connectivity index (χ1) is 9.59. The second-order valence-electron chi connectivity index (χ2n) is 4.16. The summed E-state index contributed by atoms with van der Waals surface area (Å²) in [4.78, 5) is 15.7. The summed E-state index contributed by atoms with van der Waals surface area (Å²) in [6.07, 6.45) is 1.63. The highest BCUT2D eigenvalue weighted by Crippen LogP contribution is 2.32. The molecule has 0 radical (unpaired) electrons. The number of imidazole rings is 1. The number of hydrogen-bond donors (Lipinski definition) is 1. The molecule has 0 amide bonds. The van der Waals surface area contributed by atoms with Crippen molar-refractivity contribution < 1.29 is 9.90 Å². The number of aromatic nitrogens is 2. The van der Waals surface area contributed by atoms with Crippen molar-refractivity contribution in [2.24, 2.45) is 0 Å². The van der Waals surface area contributed by atoms with E-state index in [1.165, 1.54) is 0 Å². The van der Waals surface area contributed by atoms with E-state index in [4.69, 9.17) is 0 Å². The van der Waals surface area contributed by atoms with Gasteiger partial charge in [-0.1, -0.05) is 12.1 Å². The maximum Gasteiger partial charge on any atom is 0.337 e. The summed E-state index contributed by atoms with van der Waals surface area (Å²) in [5.74, 6) is -0.972. The highest BCUT2D eigenvalue weighted by molar-refractivity contribution is 9.11. The summed E-state index contributed by atoms with van der Waals surface area (Å²) < 4.78 is 3.48. The van der Waals surface area contributed by atoms with Crippen LogP contribution >= 0.6 is 31.9 Å². The summed E-state index contributed by atoms with van der Waals surface area (Å²) in [6, 6.07) is 10.8. The molecule has 0 atom stereocenters. The Bertz CT molecular complexity index is 807. The summed E-state index contributed by atoms with van der Waals surface area (Å²) in [6.45, 7) is 0. The van der Waals surface area contributed by atoms with Crippen LogP contribution in [0, 0.1) is 0 Å². The van der Waals surface area contributed by atoms with Crippen molar-refractivity contribution >= 4 is 48.9 Å². The van der Waals surface area contributed by atoms with Crippen LogP contribution in [0.1, 0.15) is 10.4 Å². The minimum absolute atomic E-state index is 0.225. The predicted molar refractivity (Wildman–Crippen MR) is 83.4 cm³/mol. The van der Waals surface area contributed by atoms with Gasteiger partial charge in [0.05, 0.1) is 22.3 Å². The number of rotatable bonds is 2. The van der Waals surface area contributed by atoms with E-state index < -0.39 is 5.97 Å². The van der Waals surface area contributed by atoms with Crippen LogP contribution in [0.3, 0.4) is 0 Å². The first-order valence-corrected chi connectivity index (χ1v) is 7.32. The molecule has 0 aliphatic heterocycles. The number of carboxylic acid groups (broad SMARTS) is 1. The molecule has 1 N–H and O–H groups in total. The zero-order valence-electron chi connectivity index (χ0n) is 10.0. The van der Waals surface area contributed by atoms with E-state index in [1.54, 1.807) is 29.1 Å². The normalized spacial score (nSPS) is 10.9. The van der Waals surface area contributed by atoms with Crippen molar-refractivity contribution in [3.63, 3.8) is 0 Å². The minimum Gasteiger partial charge on any atom is -0.478 e. The van der Waals surface area contributed by atoms with Gasteiger partial charge in [-0.15, -0.1) is 0 Å². The van der Waals surface area contributed by atoms with E-state index in [9.17, 15) is 9.90 Å². The highest BCUT2D eigenvalue weighted by Gasteiger charge is 2.16. The van der Waals surface area contributed by atoms with Crippen LogP contribution in [-0.4, -0.2) is 20.6 Å². The van der Waals surface area contributed by atoms with Gasteiger partial charge in [0.15, 0.2) is 0 Å². The Morgan fingerprint density at radius 1 is 1.10 bits per heavy atom. The van der Waals surface area contributed by atoms with Crippen molar-refractivity contribution in [3.8, 4) is 5.69 Å². The van der Waals surface area contributed by atoms with Gasteiger partial charge in [0.2, 0.25) is 0 Å². The molecule has 0 unspecified atom stereocenters. The lowest BCUT2D eigenvalue weighted by atomic mass is 10.2. The summed E-state index contributed by atoms with van der Waals surface area (Å²) >= 11 is 6.98. The average Bonchev–Trinajstić information content (AvgIpc) is 2.82. The number of aromatic carboxylic acids is 1. The average molecular weight is 396 g/mol. The molecular weight excluding hydrogens is 388 g/mol. The lowest BCUT2D eigenvalue weighted by molar-refractivity contribution is 0.0698. The molecule has 0 bridgehead atoms. The van der Waals surface area contributed by atoms with Crippen molar-refractivity contribution in [1.82, 2.24) is 9.55 Å². The third-order valence-electron chi connectivity index (χ3n) is 2.98. The molecule has 20 heavy (non-hydrogen) atoms. The van der Waals surface area contributed by atoms with Crippen molar-refractivity contribution in [2.45, 2.75) is 0 Å². The Labute approximate surface area is 131 Å². The van der Waals surface area contributed by atoms with E-state index in [0.717, 1.165) is 14.6 Å². The Morgan fingerprint density at radius 2 is 1.75 bits per heavy atom. The molecule has 1 aromatic heterocycles. The van der Waals surface area contributed by atoms with Crippen LogP contribution in [0.4, 0.5) is 0 Å². The zero-order chi connectivity index (χ0) is 14.3. The van der Waals surface area contributed by atoms with Crippen molar-refractivity contribution in [3.05, 3.63) is 57.2 Å². The SMILES string of the molecule is O=C(O)c1cccc2ncn(-c3c(Br)cccc3Br)c12. The number of carboxylic acids is 1. The van der Waals surface area contributed by atoms with Crippen LogP contribution in [0.25, 0.3) is 16.7 Å². The molecule has 100 valence electrons. The lowest BCUT2D eigenvalue weighted by Gasteiger charge is -2.10. The van der Waals surface area contributed by atoms with Gasteiger partial charge in [0.1, 0.15) is 6.33 Å². The molecule has 0 aliphatic rings. The van der Waals surface area contributed by atoms with Gasteiger partial charge in [-0.25, -0.2) is 9.78 Å². The summed E-state index contributed by atoms with van der Waals surface area (Å²) in [7, 11) is 0. The third kappa shape index (κ3) is 2.05. The number of fused-ring (bicyclic) bond motifs is 1. The standard InChI is InChI=1S/C14H8Br2N2O2/c15-9-4-2-5-10(16)13(9)18-7-17-11-6-1-3-8(12(11)18)14(19)20/h1-7H,(H,19,20). The molecule has 3 rings (SSSR count). The largest absolute Gasteiger partial charge is 0.478 e. The van der Waals surface area contributed by atoms with Gasteiger partial charge in [-0.3, -0.25) is 4.57 Å². The molecule has 0 fully saturated rings. The van der Waals surface area contributed by atoms with Crippen LogP contribution in [-0.2, 0) is 0 Å². The molecule has 0 saturated heterocycles. The Hall–Kier alpha value is -1.66. The van der Waals surface area contributed by atoms with Gasteiger partial charge in [-0.2, -0.15) is 0 Å². The molecule has 4 nitrogen and oxygen atoms in total. The molecule has 1 heterocycles. The first-order valence-electron chi connectivity index (χ1n) is 5.73. The molecule has 2 aromatic carbocycles. The van der Waals surface area contributed by atoms with Crippen LogP contribution < -0.4 is 0 Å². The predicted octanol–water partition coefficient (Wildman–Crippen LogP) is 4.25. The number of halogens is 2. The van der Waals surface area contributed by atoms with Gasteiger partial charge in [-0.05, 0) is 56.1 Å². The van der Waals surface area contributed by atoms with Crippen molar-refractivity contribution in [2.75, 3.05) is 0 Å². The number of para-hydroxylation sites is 2. The monoisotopic (exact) mass is 394 g/mol. The van der Waals surface area contributed by atoms with Crippen molar-refractivity contribution in [1.29, 1.82) is 0 Å². The van der Waals surface area contributed by atoms with Gasteiger partial charge < -0.3 is 5.11 Å². The van der Waals surface area contributed by atoms with Crippen LogP contribution in [0.2, 0.25) is 0 Å². The maximum absolute atomic E-state index is 11.4. The zero-order valence-corrected chi connectivity index (χ0v) is 13.2. The second-order valence-corrected chi connectivity index (χ2v) is 5.87. The maximum atomic E-state index is 11.4. The molecule has 3 aromatic rings. The van der Waals surface area contributed by atoms with Gasteiger partial charge >= 0.3 is 5.97 Å². The van der Waals surface area contributed by atoms with Gasteiger partial charge in [0, 0.05) is 8.95 Å². The van der Waals surface area contributed by atoms with Gasteiger partial charge in [0.25, 0.3) is 0 Å². The molecule has 0 aliphatic carbocycles. The Morgan fingerprint density at radius 3 is 2.40 bits per heavy atom. The van der Waals surface area contributed by atoms with E-state index in [0.29, 0.717) is 11.0 Å². The molecule has 6 heteroatoms.